The SMILES string of the molecule is Nc1sc2c(c1C(=O)c1c(F)cccc1F)CCCC1(C2)OCCO1. The lowest BCUT2D eigenvalue weighted by Gasteiger charge is -2.25. The van der Waals surface area contributed by atoms with Gasteiger partial charge in [0.25, 0.3) is 0 Å². The molecule has 1 aliphatic carbocycles. The molecule has 25 heavy (non-hydrogen) atoms. The number of carbonyl (C=O) groups is 1. The van der Waals surface area contributed by atoms with Crippen molar-refractivity contribution in [1.82, 2.24) is 0 Å². The summed E-state index contributed by atoms with van der Waals surface area (Å²) in [6, 6.07) is 3.39. The molecule has 1 aromatic heterocycles. The number of hydrogen-bond donors (Lipinski definition) is 1. The highest BCUT2D eigenvalue weighted by Gasteiger charge is 2.40. The van der Waals surface area contributed by atoms with Crippen LogP contribution in [0.25, 0.3) is 0 Å². The van der Waals surface area contributed by atoms with Crippen LogP contribution in [0.1, 0.15) is 39.2 Å². The maximum atomic E-state index is 14.0. The van der Waals surface area contributed by atoms with E-state index in [0.717, 1.165) is 35.4 Å². The van der Waals surface area contributed by atoms with Gasteiger partial charge in [-0.3, -0.25) is 4.79 Å². The van der Waals surface area contributed by atoms with Crippen LogP contribution in [0.4, 0.5) is 13.8 Å². The van der Waals surface area contributed by atoms with E-state index >= 15 is 0 Å². The number of rotatable bonds is 2. The third-order valence-corrected chi connectivity index (χ3v) is 5.82. The van der Waals surface area contributed by atoms with Crippen LogP contribution in [-0.2, 0) is 22.3 Å². The molecule has 2 aromatic rings. The first kappa shape index (κ1) is 16.6. The predicted octanol–water partition coefficient (Wildman–Crippen LogP) is 3.46. The molecule has 4 rings (SSSR count). The summed E-state index contributed by atoms with van der Waals surface area (Å²) in [5.41, 5.74) is 6.51. The number of ether oxygens (including phenoxy) is 2. The summed E-state index contributed by atoms with van der Waals surface area (Å²) in [6.07, 6.45) is 2.58. The average Bonchev–Trinajstić information content (AvgIpc) is 3.07. The Morgan fingerprint density at radius 2 is 1.84 bits per heavy atom. The highest BCUT2D eigenvalue weighted by Crippen LogP contribution is 2.42. The molecular weight excluding hydrogens is 348 g/mol. The van der Waals surface area contributed by atoms with E-state index in [4.69, 9.17) is 15.2 Å². The molecule has 1 saturated heterocycles. The highest BCUT2D eigenvalue weighted by molar-refractivity contribution is 7.16. The second-order valence-electron chi connectivity index (χ2n) is 6.31. The zero-order valence-electron chi connectivity index (χ0n) is 13.4. The Kier molecular flexibility index (Phi) is 4.10. The summed E-state index contributed by atoms with van der Waals surface area (Å²) < 4.78 is 39.7. The highest BCUT2D eigenvalue weighted by atomic mass is 32.1. The Bertz CT molecular complexity index is 823. The maximum absolute atomic E-state index is 14.0. The molecule has 2 heterocycles. The fourth-order valence-corrected chi connectivity index (χ4v) is 4.84. The van der Waals surface area contributed by atoms with Crippen molar-refractivity contribution in [3.8, 4) is 0 Å². The molecule has 1 aromatic carbocycles. The number of thiophene rings is 1. The molecule has 0 radical (unpaired) electrons. The molecule has 2 N–H and O–H groups in total. The Labute approximate surface area is 147 Å². The van der Waals surface area contributed by atoms with E-state index in [1.165, 1.54) is 17.4 Å². The molecule has 1 spiro atoms. The minimum atomic E-state index is -0.878. The number of fused-ring (bicyclic) bond motifs is 1. The molecule has 7 heteroatoms. The molecular formula is C18H17F2NO3S. The zero-order valence-corrected chi connectivity index (χ0v) is 14.3. The van der Waals surface area contributed by atoms with Crippen LogP contribution in [0.2, 0.25) is 0 Å². The predicted molar refractivity (Wildman–Crippen MR) is 89.8 cm³/mol. The summed E-state index contributed by atoms with van der Waals surface area (Å²) >= 11 is 1.28. The smallest absolute Gasteiger partial charge is 0.202 e. The van der Waals surface area contributed by atoms with Gasteiger partial charge in [0.05, 0.1) is 29.3 Å². The van der Waals surface area contributed by atoms with E-state index in [2.05, 4.69) is 0 Å². The molecule has 0 saturated carbocycles. The number of carbonyl (C=O) groups excluding carboxylic acids is 1. The lowest BCUT2D eigenvalue weighted by molar-refractivity contribution is -0.159. The van der Waals surface area contributed by atoms with Crippen LogP contribution in [0.3, 0.4) is 0 Å². The van der Waals surface area contributed by atoms with Crippen LogP contribution in [0.15, 0.2) is 18.2 Å². The maximum Gasteiger partial charge on any atom is 0.202 e. The van der Waals surface area contributed by atoms with Gasteiger partial charge in [0.2, 0.25) is 5.78 Å². The summed E-state index contributed by atoms with van der Waals surface area (Å²) in [5, 5.41) is 0.285. The third-order valence-electron chi connectivity index (χ3n) is 4.76. The Morgan fingerprint density at radius 3 is 2.52 bits per heavy atom. The van der Waals surface area contributed by atoms with Gasteiger partial charge in [0.1, 0.15) is 11.6 Å². The molecule has 1 fully saturated rings. The van der Waals surface area contributed by atoms with Crippen molar-refractivity contribution in [3.63, 3.8) is 0 Å². The van der Waals surface area contributed by atoms with E-state index in [0.29, 0.717) is 26.1 Å². The lowest BCUT2D eigenvalue weighted by atomic mass is 9.97. The number of anilines is 1. The van der Waals surface area contributed by atoms with Crippen molar-refractivity contribution < 1.29 is 23.0 Å². The Morgan fingerprint density at radius 1 is 1.16 bits per heavy atom. The van der Waals surface area contributed by atoms with E-state index in [9.17, 15) is 13.6 Å². The number of nitrogens with two attached hydrogens (primary N) is 1. The molecule has 2 aliphatic rings. The second-order valence-corrected chi connectivity index (χ2v) is 7.44. The van der Waals surface area contributed by atoms with E-state index in [1.54, 1.807) is 0 Å². The van der Waals surface area contributed by atoms with Crippen molar-refractivity contribution in [1.29, 1.82) is 0 Å². The fraction of sp³-hybridized carbons (Fsp3) is 0.389. The van der Waals surface area contributed by atoms with Crippen molar-refractivity contribution >= 4 is 22.1 Å². The first-order valence-electron chi connectivity index (χ1n) is 8.17. The Balaban J connectivity index is 1.77. The number of halogens is 2. The van der Waals surface area contributed by atoms with Crippen LogP contribution in [0.5, 0.6) is 0 Å². The molecule has 0 bridgehead atoms. The van der Waals surface area contributed by atoms with Crippen molar-refractivity contribution in [2.24, 2.45) is 0 Å². The molecule has 0 unspecified atom stereocenters. The topological polar surface area (TPSA) is 61.6 Å². The fourth-order valence-electron chi connectivity index (χ4n) is 3.64. The zero-order chi connectivity index (χ0) is 17.6. The first-order valence-corrected chi connectivity index (χ1v) is 8.99. The molecule has 0 atom stereocenters. The van der Waals surface area contributed by atoms with Crippen molar-refractivity contribution in [2.45, 2.75) is 31.5 Å². The number of ketones is 1. The summed E-state index contributed by atoms with van der Waals surface area (Å²) in [4.78, 5) is 13.8. The standard InChI is InChI=1S/C18H17F2NO3S/c19-11-4-1-5-12(20)15(11)16(22)14-10-3-2-6-18(23-7-8-24-18)9-13(10)25-17(14)21/h1,4-5H,2-3,6-9,21H2. The third kappa shape index (κ3) is 2.76. The molecule has 0 amide bonds. The van der Waals surface area contributed by atoms with Gasteiger partial charge in [-0.25, -0.2) is 8.78 Å². The van der Waals surface area contributed by atoms with Gasteiger partial charge >= 0.3 is 0 Å². The van der Waals surface area contributed by atoms with Gasteiger partial charge in [0, 0.05) is 17.7 Å². The first-order chi connectivity index (χ1) is 12.0. The largest absolute Gasteiger partial charge is 0.390 e. The van der Waals surface area contributed by atoms with Gasteiger partial charge in [-0.1, -0.05) is 6.07 Å². The van der Waals surface area contributed by atoms with Crippen molar-refractivity contribution in [2.75, 3.05) is 18.9 Å². The summed E-state index contributed by atoms with van der Waals surface area (Å²) in [7, 11) is 0. The second kappa shape index (κ2) is 6.16. The van der Waals surface area contributed by atoms with Gasteiger partial charge in [-0.15, -0.1) is 11.3 Å². The van der Waals surface area contributed by atoms with Gasteiger partial charge in [-0.2, -0.15) is 0 Å². The van der Waals surface area contributed by atoms with E-state index < -0.39 is 28.8 Å². The molecule has 132 valence electrons. The number of hydrogen-bond acceptors (Lipinski definition) is 5. The lowest BCUT2D eigenvalue weighted by Crippen LogP contribution is -2.31. The van der Waals surface area contributed by atoms with Gasteiger partial charge in [0.15, 0.2) is 5.79 Å². The quantitative estimate of drug-likeness (QED) is 0.828. The van der Waals surface area contributed by atoms with Crippen LogP contribution in [-0.4, -0.2) is 24.8 Å². The summed E-state index contributed by atoms with van der Waals surface area (Å²) in [5.74, 6) is -3.12. The monoisotopic (exact) mass is 365 g/mol. The molecule has 1 aliphatic heterocycles. The van der Waals surface area contributed by atoms with Crippen molar-refractivity contribution in [3.05, 3.63) is 51.4 Å². The van der Waals surface area contributed by atoms with Crippen LogP contribution >= 0.6 is 11.3 Å². The van der Waals surface area contributed by atoms with Gasteiger partial charge < -0.3 is 15.2 Å². The minimum absolute atomic E-state index is 0.221. The van der Waals surface area contributed by atoms with E-state index in [-0.39, 0.29) is 10.6 Å². The average molecular weight is 365 g/mol. The number of nitrogen functional groups attached to an aromatic ring is 1. The minimum Gasteiger partial charge on any atom is -0.390 e. The normalized spacial score (nSPS) is 19.0. The molecule has 4 nitrogen and oxygen atoms in total. The van der Waals surface area contributed by atoms with Crippen LogP contribution < -0.4 is 5.73 Å². The van der Waals surface area contributed by atoms with E-state index in [1.807, 2.05) is 0 Å². The Hall–Kier alpha value is -1.83. The van der Waals surface area contributed by atoms with Gasteiger partial charge in [-0.05, 0) is 30.5 Å². The number of benzene rings is 1. The van der Waals surface area contributed by atoms with Crippen LogP contribution in [0, 0.1) is 11.6 Å². The summed E-state index contributed by atoms with van der Waals surface area (Å²) in [6.45, 7) is 1.09.